The number of hydrogen-bond donors (Lipinski definition) is 1. The highest BCUT2D eigenvalue weighted by molar-refractivity contribution is 7.13. The van der Waals surface area contributed by atoms with Crippen molar-refractivity contribution in [3.05, 3.63) is 16.6 Å². The van der Waals surface area contributed by atoms with E-state index in [1.807, 2.05) is 5.38 Å². The second-order valence-electron chi connectivity index (χ2n) is 2.22. The Balaban J connectivity index is 2.61. The zero-order valence-corrected chi connectivity index (χ0v) is 7.14. The third kappa shape index (κ3) is 0.902. The van der Waals surface area contributed by atoms with Gasteiger partial charge in [-0.15, -0.1) is 11.3 Å². The number of aromatic amines is 1. The molecule has 0 aliphatic rings. The molecule has 0 spiro atoms. The molecule has 0 amide bonds. The highest BCUT2D eigenvalue weighted by atomic mass is 32.1. The van der Waals surface area contributed by atoms with Crippen LogP contribution in [0.15, 0.2) is 11.7 Å². The number of thiophene rings is 1. The number of H-pyrrole nitrogens is 1. The third-order valence-electron chi connectivity index (χ3n) is 1.55. The third-order valence-corrected chi connectivity index (χ3v) is 2.50. The van der Waals surface area contributed by atoms with Crippen molar-refractivity contribution in [3.8, 4) is 0 Å². The van der Waals surface area contributed by atoms with Gasteiger partial charge in [-0.1, -0.05) is 0 Å². The number of nitrogens with one attached hydrogen (secondary N) is 1. The molecule has 0 aliphatic heterocycles. The summed E-state index contributed by atoms with van der Waals surface area (Å²) in [5.74, 6) is -0.331. The minimum absolute atomic E-state index is 0.331. The normalized spacial score (nSPS) is 10.4. The molecule has 12 heavy (non-hydrogen) atoms. The molecule has 62 valence electrons. The predicted molar refractivity (Wildman–Crippen MR) is 45.3 cm³/mol. The van der Waals surface area contributed by atoms with Gasteiger partial charge in [0.2, 0.25) is 0 Å². The van der Waals surface area contributed by atoms with Crippen molar-refractivity contribution >= 4 is 28.3 Å². The predicted octanol–water partition coefficient (Wildman–Crippen LogP) is 1.41. The van der Waals surface area contributed by atoms with Crippen LogP contribution in [0.5, 0.6) is 0 Å². The average molecular weight is 182 g/mol. The van der Waals surface area contributed by atoms with Crippen LogP contribution in [0.2, 0.25) is 0 Å². The highest BCUT2D eigenvalue weighted by Gasteiger charge is 2.14. The fraction of sp³-hybridized carbons (Fsp3) is 0.143. The quantitative estimate of drug-likeness (QED) is 0.678. The Labute approximate surface area is 72.2 Å². The first-order chi connectivity index (χ1) is 5.83. The van der Waals surface area contributed by atoms with E-state index in [1.165, 1.54) is 18.4 Å². The van der Waals surface area contributed by atoms with E-state index in [9.17, 15) is 4.79 Å². The number of nitrogens with zero attached hydrogens (tertiary/aromatic N) is 1. The van der Waals surface area contributed by atoms with Crippen LogP contribution in [0.3, 0.4) is 0 Å². The Bertz CT molecular complexity index is 418. The van der Waals surface area contributed by atoms with Crippen LogP contribution in [0, 0.1) is 0 Å². The molecule has 0 saturated carbocycles. The van der Waals surface area contributed by atoms with E-state index in [0.29, 0.717) is 10.4 Å². The summed E-state index contributed by atoms with van der Waals surface area (Å²) in [5, 5.41) is 1.84. The first kappa shape index (κ1) is 7.30. The first-order valence-corrected chi connectivity index (χ1v) is 4.20. The molecule has 2 aromatic heterocycles. The topological polar surface area (TPSA) is 55.0 Å². The summed E-state index contributed by atoms with van der Waals surface area (Å²) in [6, 6.07) is 0. The average Bonchev–Trinajstić information content (AvgIpc) is 2.62. The number of ether oxygens (including phenoxy) is 1. The zero-order chi connectivity index (χ0) is 8.55. The molecule has 4 nitrogen and oxygen atoms in total. The Morgan fingerprint density at radius 1 is 1.75 bits per heavy atom. The summed E-state index contributed by atoms with van der Waals surface area (Å²) in [5.41, 5.74) is 1.56. The summed E-state index contributed by atoms with van der Waals surface area (Å²) in [6.45, 7) is 0. The lowest BCUT2D eigenvalue weighted by molar-refractivity contribution is 0.0608. The molecule has 0 unspecified atom stereocenters. The lowest BCUT2D eigenvalue weighted by Crippen LogP contribution is -1.98. The molecule has 0 fully saturated rings. The lowest BCUT2D eigenvalue weighted by atomic mass is 10.4. The number of carbonyl (C=O) groups is 1. The van der Waals surface area contributed by atoms with Crippen molar-refractivity contribution < 1.29 is 9.53 Å². The van der Waals surface area contributed by atoms with Gasteiger partial charge in [0.1, 0.15) is 10.4 Å². The van der Waals surface area contributed by atoms with Crippen molar-refractivity contribution in [2.45, 2.75) is 0 Å². The van der Waals surface area contributed by atoms with E-state index in [4.69, 9.17) is 0 Å². The molecule has 5 heteroatoms. The second kappa shape index (κ2) is 2.60. The van der Waals surface area contributed by atoms with Crippen molar-refractivity contribution in [1.82, 2.24) is 9.97 Å². The summed E-state index contributed by atoms with van der Waals surface area (Å²) in [7, 11) is 1.36. The molecule has 1 N–H and O–H groups in total. The van der Waals surface area contributed by atoms with Gasteiger partial charge in [-0.3, -0.25) is 0 Å². The number of rotatable bonds is 1. The first-order valence-electron chi connectivity index (χ1n) is 3.32. The van der Waals surface area contributed by atoms with Gasteiger partial charge in [0, 0.05) is 5.38 Å². The van der Waals surface area contributed by atoms with Gasteiger partial charge in [-0.05, 0) is 0 Å². The number of imidazole rings is 1. The van der Waals surface area contributed by atoms with Crippen LogP contribution in [0.4, 0.5) is 0 Å². The smallest absolute Gasteiger partial charge is 0.350 e. The molecule has 2 aromatic rings. The van der Waals surface area contributed by atoms with E-state index < -0.39 is 0 Å². The lowest BCUT2D eigenvalue weighted by Gasteiger charge is -1.91. The molecular weight excluding hydrogens is 176 g/mol. The van der Waals surface area contributed by atoms with Crippen molar-refractivity contribution in [3.63, 3.8) is 0 Å². The van der Waals surface area contributed by atoms with E-state index >= 15 is 0 Å². The van der Waals surface area contributed by atoms with Crippen LogP contribution in [0.25, 0.3) is 11.0 Å². The number of aromatic nitrogens is 2. The number of carbonyl (C=O) groups excluding carboxylic acids is 1. The maximum atomic E-state index is 11.1. The number of methoxy groups -OCH3 is 1. The standard InChI is InChI=1S/C7H6N2O2S/c1-11-7(10)6-5-4(2-12-6)8-3-9-5/h2-3H,1H3,(H,8,9). The van der Waals surface area contributed by atoms with Crippen LogP contribution in [-0.4, -0.2) is 23.0 Å². The molecule has 0 bridgehead atoms. The van der Waals surface area contributed by atoms with E-state index in [2.05, 4.69) is 14.7 Å². The molecule has 0 saturated heterocycles. The van der Waals surface area contributed by atoms with Crippen molar-refractivity contribution in [1.29, 1.82) is 0 Å². The van der Waals surface area contributed by atoms with Crippen LogP contribution in [0.1, 0.15) is 9.67 Å². The van der Waals surface area contributed by atoms with E-state index in [-0.39, 0.29) is 5.97 Å². The second-order valence-corrected chi connectivity index (χ2v) is 3.10. The largest absolute Gasteiger partial charge is 0.465 e. The minimum Gasteiger partial charge on any atom is -0.465 e. The van der Waals surface area contributed by atoms with Gasteiger partial charge < -0.3 is 9.72 Å². The van der Waals surface area contributed by atoms with Gasteiger partial charge in [-0.25, -0.2) is 9.78 Å². The summed E-state index contributed by atoms with van der Waals surface area (Å²) in [4.78, 5) is 18.6. The Hall–Kier alpha value is -1.36. The molecule has 2 heterocycles. The maximum absolute atomic E-state index is 11.1. The Morgan fingerprint density at radius 2 is 2.58 bits per heavy atom. The number of esters is 1. The number of hydrogen-bond acceptors (Lipinski definition) is 4. The molecular formula is C7H6N2O2S. The van der Waals surface area contributed by atoms with Crippen LogP contribution in [-0.2, 0) is 4.74 Å². The Kier molecular flexibility index (Phi) is 1.58. The van der Waals surface area contributed by atoms with Gasteiger partial charge in [0.25, 0.3) is 0 Å². The molecule has 0 aliphatic carbocycles. The monoisotopic (exact) mass is 182 g/mol. The number of fused-ring (bicyclic) bond motifs is 1. The van der Waals surface area contributed by atoms with E-state index in [1.54, 1.807) is 6.33 Å². The van der Waals surface area contributed by atoms with Crippen LogP contribution >= 0.6 is 11.3 Å². The zero-order valence-electron chi connectivity index (χ0n) is 6.33. The molecule has 2 rings (SSSR count). The highest BCUT2D eigenvalue weighted by Crippen LogP contribution is 2.22. The Morgan fingerprint density at radius 3 is 3.33 bits per heavy atom. The molecule has 0 aromatic carbocycles. The molecule has 0 atom stereocenters. The maximum Gasteiger partial charge on any atom is 0.350 e. The summed E-state index contributed by atoms with van der Waals surface area (Å²) in [6.07, 6.45) is 1.56. The van der Waals surface area contributed by atoms with Gasteiger partial charge in [0.05, 0.1) is 19.0 Å². The fourth-order valence-corrected chi connectivity index (χ4v) is 1.86. The van der Waals surface area contributed by atoms with Crippen molar-refractivity contribution in [2.24, 2.45) is 0 Å². The van der Waals surface area contributed by atoms with Crippen LogP contribution < -0.4 is 0 Å². The SMILES string of the molecule is COC(=O)c1scc2[nH]cnc12. The summed E-state index contributed by atoms with van der Waals surface area (Å²) >= 11 is 1.33. The summed E-state index contributed by atoms with van der Waals surface area (Å²) < 4.78 is 4.59. The minimum atomic E-state index is -0.331. The van der Waals surface area contributed by atoms with Gasteiger partial charge in [0.15, 0.2) is 0 Å². The van der Waals surface area contributed by atoms with E-state index in [0.717, 1.165) is 5.52 Å². The van der Waals surface area contributed by atoms with Crippen molar-refractivity contribution in [2.75, 3.05) is 7.11 Å². The molecule has 0 radical (unpaired) electrons. The van der Waals surface area contributed by atoms with Gasteiger partial charge >= 0.3 is 5.97 Å². The fourth-order valence-electron chi connectivity index (χ4n) is 0.986. The van der Waals surface area contributed by atoms with Gasteiger partial charge in [-0.2, -0.15) is 0 Å².